The fourth-order valence-electron chi connectivity index (χ4n) is 2.51. The van der Waals surface area contributed by atoms with E-state index >= 15 is 0 Å². The van der Waals surface area contributed by atoms with Crippen molar-refractivity contribution in [3.63, 3.8) is 0 Å². The third kappa shape index (κ3) is 4.47. The van der Waals surface area contributed by atoms with E-state index in [1.165, 1.54) is 19.9 Å². The fraction of sp³-hybridized carbons (Fsp3) is 0.278. The van der Waals surface area contributed by atoms with Gasteiger partial charge in [-0.3, -0.25) is 10.4 Å². The maximum atomic E-state index is 14.1. The van der Waals surface area contributed by atoms with E-state index in [1.807, 2.05) is 0 Å². The highest BCUT2D eigenvalue weighted by Gasteiger charge is 2.35. The van der Waals surface area contributed by atoms with Crippen molar-refractivity contribution in [3.05, 3.63) is 53.0 Å². The number of hydrogen-bond donors (Lipinski definition) is 1. The largest absolute Gasteiger partial charge is 0.432 e. The van der Waals surface area contributed by atoms with E-state index in [0.29, 0.717) is 16.1 Å². The zero-order valence-electron chi connectivity index (χ0n) is 15.2. The molecule has 0 spiro atoms. The quantitative estimate of drug-likeness (QED) is 0.350. The van der Waals surface area contributed by atoms with E-state index in [-0.39, 0.29) is 11.3 Å². The molecule has 0 saturated heterocycles. The molecule has 0 atom stereocenters. The normalized spacial score (nSPS) is 13.0. The number of allylic oxidation sites excluding steroid dienone is 2. The molecule has 2 aromatic rings. The Bertz CT molecular complexity index is 896. The summed E-state index contributed by atoms with van der Waals surface area (Å²) in [5, 5.41) is 8.10. The van der Waals surface area contributed by atoms with Gasteiger partial charge in [-0.25, -0.2) is 0 Å². The van der Waals surface area contributed by atoms with Crippen LogP contribution in [-0.4, -0.2) is 29.9 Å². The second kappa shape index (κ2) is 7.30. The Morgan fingerprint density at radius 1 is 1.15 bits per heavy atom. The Kier molecular flexibility index (Phi) is 5.65. The monoisotopic (exact) mass is 399 g/mol. The van der Waals surface area contributed by atoms with Gasteiger partial charge >= 0.3 is 6.18 Å². The first-order chi connectivity index (χ1) is 12.3. The van der Waals surface area contributed by atoms with Crippen LogP contribution in [0.1, 0.15) is 12.5 Å². The van der Waals surface area contributed by atoms with Crippen molar-refractivity contribution in [1.82, 2.24) is 9.97 Å². The maximum absolute atomic E-state index is 14.1. The van der Waals surface area contributed by atoms with Gasteiger partial charge in [-0.05, 0) is 43.7 Å². The van der Waals surface area contributed by atoms with Crippen LogP contribution in [0.2, 0.25) is 13.1 Å². The molecule has 0 radical (unpaired) electrons. The van der Waals surface area contributed by atoms with Crippen molar-refractivity contribution in [2.45, 2.75) is 33.1 Å². The molecule has 0 amide bonds. The predicted molar refractivity (Wildman–Crippen MR) is 96.8 cm³/mol. The van der Waals surface area contributed by atoms with Crippen LogP contribution in [0, 0.1) is 24.2 Å². The molecule has 3 nitrogen and oxygen atoms in total. The minimum absolute atomic E-state index is 0.0488. The Morgan fingerprint density at radius 2 is 1.78 bits per heavy atom. The van der Waals surface area contributed by atoms with E-state index in [9.17, 15) is 22.0 Å². The third-order valence-electron chi connectivity index (χ3n) is 4.44. The van der Waals surface area contributed by atoms with Crippen LogP contribution in [0.4, 0.5) is 22.0 Å². The maximum Gasteiger partial charge on any atom is 0.432 e. The molecule has 0 aliphatic carbocycles. The lowest BCUT2D eigenvalue weighted by Gasteiger charge is -2.24. The highest BCUT2D eigenvalue weighted by Crippen LogP contribution is 2.25. The molecule has 1 N–H and O–H groups in total. The van der Waals surface area contributed by atoms with Crippen molar-refractivity contribution in [1.29, 1.82) is 5.41 Å². The van der Waals surface area contributed by atoms with Gasteiger partial charge in [0.25, 0.3) is 0 Å². The van der Waals surface area contributed by atoms with Gasteiger partial charge in [0.05, 0.1) is 11.3 Å². The van der Waals surface area contributed by atoms with Crippen molar-refractivity contribution in [2.24, 2.45) is 0 Å². The second-order valence-electron chi connectivity index (χ2n) is 6.70. The zero-order chi connectivity index (χ0) is 20.6. The molecule has 0 unspecified atom stereocenters. The Hall–Kier alpha value is -2.42. The molecule has 27 heavy (non-hydrogen) atoms. The number of aromatic nitrogens is 2. The van der Waals surface area contributed by atoms with Crippen molar-refractivity contribution in [2.75, 3.05) is 0 Å². The lowest BCUT2D eigenvalue weighted by atomic mass is 10.1. The average molecular weight is 399 g/mol. The molecule has 0 aliphatic rings. The van der Waals surface area contributed by atoms with E-state index in [1.54, 1.807) is 25.2 Å². The minimum Gasteiger partial charge on any atom is -0.297 e. The summed E-state index contributed by atoms with van der Waals surface area (Å²) in [6.07, 6.45) is -3.91. The fourth-order valence-corrected chi connectivity index (χ4v) is 4.33. The van der Waals surface area contributed by atoms with E-state index in [4.69, 9.17) is 5.41 Å². The van der Waals surface area contributed by atoms with Crippen molar-refractivity contribution >= 4 is 19.1 Å². The van der Waals surface area contributed by atoms with E-state index < -0.39 is 31.9 Å². The van der Waals surface area contributed by atoms with Crippen LogP contribution >= 0.6 is 0 Å². The highest BCUT2D eigenvalue weighted by molar-refractivity contribution is 6.95. The Balaban J connectivity index is 2.51. The number of nitrogens with one attached hydrogen (secondary N) is 1. The van der Waals surface area contributed by atoms with Gasteiger partial charge in [-0.1, -0.05) is 24.4 Å². The summed E-state index contributed by atoms with van der Waals surface area (Å²) in [6.45, 7) is 6.64. The first kappa shape index (κ1) is 20.9. The predicted octanol–water partition coefficient (Wildman–Crippen LogP) is 4.71. The van der Waals surface area contributed by atoms with Gasteiger partial charge in [-0.15, -0.1) is 0 Å². The lowest BCUT2D eigenvalue weighted by molar-refractivity contribution is -0.0584. The lowest BCUT2D eigenvalue weighted by Crippen LogP contribution is -2.45. The summed E-state index contributed by atoms with van der Waals surface area (Å²) in [6, 6.07) is 5.91. The smallest absolute Gasteiger partial charge is 0.297 e. The molecule has 2 heterocycles. The number of alkyl halides is 3. The summed E-state index contributed by atoms with van der Waals surface area (Å²) in [5.41, 5.74) is -0.835. The van der Waals surface area contributed by atoms with Gasteiger partial charge in [0.2, 0.25) is 11.9 Å². The van der Waals surface area contributed by atoms with Gasteiger partial charge in [0.1, 0.15) is 13.8 Å². The Morgan fingerprint density at radius 3 is 2.33 bits per heavy atom. The Labute approximate surface area is 154 Å². The highest BCUT2D eigenvalue weighted by atomic mass is 28.3. The summed E-state index contributed by atoms with van der Waals surface area (Å²) in [7, 11) is -2.64. The first-order valence-electron chi connectivity index (χ1n) is 7.99. The van der Waals surface area contributed by atoms with E-state index in [0.717, 1.165) is 12.1 Å². The van der Waals surface area contributed by atoms with Gasteiger partial charge in [0, 0.05) is 5.32 Å². The summed E-state index contributed by atoms with van der Waals surface area (Å²) < 4.78 is 65.4. The minimum atomic E-state index is -4.72. The van der Waals surface area contributed by atoms with Crippen LogP contribution in [-0.2, 0) is 0 Å². The summed E-state index contributed by atoms with van der Waals surface area (Å²) in [4.78, 5) is 7.60. The molecule has 0 bridgehead atoms. The number of rotatable bonds is 4. The van der Waals surface area contributed by atoms with Crippen LogP contribution in [0.25, 0.3) is 11.3 Å². The molecule has 0 aromatic carbocycles. The van der Waals surface area contributed by atoms with Crippen molar-refractivity contribution in [3.8, 4) is 11.3 Å². The number of halogens is 5. The first-order valence-corrected chi connectivity index (χ1v) is 11.0. The van der Waals surface area contributed by atoms with Gasteiger partial charge < -0.3 is 0 Å². The second-order valence-corrected chi connectivity index (χ2v) is 11.3. The van der Waals surface area contributed by atoms with Crippen molar-refractivity contribution < 1.29 is 22.0 Å². The van der Waals surface area contributed by atoms with Crippen LogP contribution in [0.15, 0.2) is 35.5 Å². The van der Waals surface area contributed by atoms with Gasteiger partial charge in [-0.2, -0.15) is 26.9 Å². The molecular formula is C18H18F5N3Si. The third-order valence-corrected chi connectivity index (χ3v) is 8.11. The zero-order valence-corrected chi connectivity index (χ0v) is 16.2. The summed E-state index contributed by atoms with van der Waals surface area (Å²) >= 11 is 0. The number of aryl methyl sites for hydroxylation is 1. The standard InChI is InChI=1S/C18H18F5N3Si/c1-10-8-14(19)26-17(20)16(10)12-6-5-7-15(25-12)27(3,4)11(2)9-13(24)18(21,22)23/h5-9,24H,1-4H3/b11-9+,24-13?. The molecule has 144 valence electrons. The van der Waals surface area contributed by atoms with Crippen LogP contribution < -0.4 is 5.32 Å². The van der Waals surface area contributed by atoms with Crippen LogP contribution in [0.5, 0.6) is 0 Å². The SMILES string of the molecule is C/C(=C\C(=N)C(F)(F)F)[Si](C)(C)c1cccc(-c2c(C)cc(F)nc2F)n1. The molecule has 2 aromatic heterocycles. The molecule has 0 saturated carbocycles. The molecule has 2 rings (SSSR count). The topological polar surface area (TPSA) is 49.6 Å². The van der Waals surface area contributed by atoms with Crippen LogP contribution in [0.3, 0.4) is 0 Å². The molecule has 0 aliphatic heterocycles. The molecule has 9 heteroatoms. The van der Waals surface area contributed by atoms with E-state index in [2.05, 4.69) is 9.97 Å². The summed E-state index contributed by atoms with van der Waals surface area (Å²) in [5.74, 6) is -1.94. The molecule has 0 fully saturated rings. The number of hydrogen-bond acceptors (Lipinski definition) is 3. The van der Waals surface area contributed by atoms with Gasteiger partial charge in [0.15, 0.2) is 0 Å². The molecular weight excluding hydrogens is 381 g/mol. The number of nitrogens with zero attached hydrogens (tertiary/aromatic N) is 2. The number of pyridine rings is 2. The average Bonchev–Trinajstić information content (AvgIpc) is 2.53.